The highest BCUT2D eigenvalue weighted by Crippen LogP contribution is 2.20. The van der Waals surface area contributed by atoms with Gasteiger partial charge >= 0.3 is 0 Å². The van der Waals surface area contributed by atoms with Gasteiger partial charge in [0.05, 0.1) is 6.04 Å². The first-order chi connectivity index (χ1) is 7.77. The predicted molar refractivity (Wildman–Crippen MR) is 58.2 cm³/mol. The molecule has 1 fully saturated rings. The lowest BCUT2D eigenvalue weighted by atomic mass is 10.2. The predicted octanol–water partition coefficient (Wildman–Crippen LogP) is -0.148. The highest BCUT2D eigenvalue weighted by Gasteiger charge is 2.22. The van der Waals surface area contributed by atoms with Crippen LogP contribution in [0.15, 0.2) is 17.2 Å². The van der Waals surface area contributed by atoms with Gasteiger partial charge in [-0.15, -0.1) is 10.2 Å². The van der Waals surface area contributed by atoms with Crippen molar-refractivity contribution in [3.8, 4) is 0 Å². The number of rotatable bonds is 1. The van der Waals surface area contributed by atoms with Gasteiger partial charge in [0.1, 0.15) is 0 Å². The van der Waals surface area contributed by atoms with E-state index in [1.54, 1.807) is 17.6 Å². The van der Waals surface area contributed by atoms with E-state index in [1.807, 2.05) is 6.20 Å². The fourth-order valence-electron chi connectivity index (χ4n) is 2.13. The lowest BCUT2D eigenvalue weighted by Gasteiger charge is -2.07. The summed E-state index contributed by atoms with van der Waals surface area (Å²) in [7, 11) is 1.71. The Kier molecular flexibility index (Phi) is 2.03. The summed E-state index contributed by atoms with van der Waals surface area (Å²) in [4.78, 5) is 11.8. The van der Waals surface area contributed by atoms with Crippen molar-refractivity contribution in [2.24, 2.45) is 7.05 Å². The van der Waals surface area contributed by atoms with Crippen molar-refractivity contribution in [3.63, 3.8) is 0 Å². The average molecular weight is 219 g/mol. The Bertz CT molecular complexity index is 578. The van der Waals surface area contributed by atoms with Crippen molar-refractivity contribution in [1.29, 1.82) is 0 Å². The lowest BCUT2D eigenvalue weighted by molar-refractivity contribution is 0.597. The zero-order chi connectivity index (χ0) is 11.1. The number of fused-ring (bicyclic) bond motifs is 1. The molecule has 1 aliphatic rings. The number of hydrogen-bond donors (Lipinski definition) is 1. The molecule has 84 valence electrons. The Morgan fingerprint density at radius 2 is 2.31 bits per heavy atom. The van der Waals surface area contributed by atoms with Crippen LogP contribution in [0.3, 0.4) is 0 Å². The first kappa shape index (κ1) is 9.53. The number of nitrogens with zero attached hydrogens (tertiary/aromatic N) is 4. The molecule has 0 bridgehead atoms. The molecule has 16 heavy (non-hydrogen) atoms. The normalized spacial score (nSPS) is 20.7. The van der Waals surface area contributed by atoms with E-state index in [-0.39, 0.29) is 11.6 Å². The zero-order valence-electron chi connectivity index (χ0n) is 9.05. The van der Waals surface area contributed by atoms with Crippen LogP contribution < -0.4 is 10.9 Å². The van der Waals surface area contributed by atoms with Crippen LogP contribution in [0.4, 0.5) is 0 Å². The minimum Gasteiger partial charge on any atom is -0.314 e. The number of nitrogens with one attached hydrogen (secondary N) is 1. The second-order valence-electron chi connectivity index (χ2n) is 4.11. The van der Waals surface area contributed by atoms with Gasteiger partial charge in [-0.2, -0.15) is 0 Å². The number of hydrogen-bond acceptors (Lipinski definition) is 4. The highest BCUT2D eigenvalue weighted by atomic mass is 16.1. The summed E-state index contributed by atoms with van der Waals surface area (Å²) in [5, 5.41) is 11.4. The van der Waals surface area contributed by atoms with Crippen molar-refractivity contribution in [3.05, 3.63) is 28.6 Å². The molecule has 2 aromatic heterocycles. The van der Waals surface area contributed by atoms with Crippen LogP contribution in [0.2, 0.25) is 0 Å². The van der Waals surface area contributed by atoms with Crippen LogP contribution in [-0.4, -0.2) is 25.7 Å². The average Bonchev–Trinajstić information content (AvgIpc) is 2.91. The molecule has 1 N–H and O–H groups in total. The third-order valence-electron chi connectivity index (χ3n) is 3.05. The van der Waals surface area contributed by atoms with Crippen LogP contribution in [0.25, 0.3) is 5.65 Å². The Labute approximate surface area is 91.9 Å². The third-order valence-corrected chi connectivity index (χ3v) is 3.05. The molecule has 0 saturated carbocycles. The number of aromatic nitrogens is 4. The molecule has 0 amide bonds. The van der Waals surface area contributed by atoms with Crippen LogP contribution in [0.5, 0.6) is 0 Å². The van der Waals surface area contributed by atoms with Gasteiger partial charge < -0.3 is 9.88 Å². The van der Waals surface area contributed by atoms with E-state index in [2.05, 4.69) is 15.5 Å². The van der Waals surface area contributed by atoms with Crippen LogP contribution in [0, 0.1) is 0 Å². The molecular weight excluding hydrogens is 206 g/mol. The molecule has 3 rings (SSSR count). The fourth-order valence-corrected chi connectivity index (χ4v) is 2.13. The molecule has 0 radical (unpaired) electrons. The van der Waals surface area contributed by atoms with Crippen molar-refractivity contribution in [2.75, 3.05) is 6.54 Å². The lowest BCUT2D eigenvalue weighted by Crippen LogP contribution is -2.20. The molecule has 1 saturated heterocycles. The Morgan fingerprint density at radius 1 is 1.44 bits per heavy atom. The quantitative estimate of drug-likeness (QED) is 0.724. The van der Waals surface area contributed by atoms with E-state index in [4.69, 9.17) is 0 Å². The summed E-state index contributed by atoms with van der Waals surface area (Å²) in [6.07, 6.45) is 5.77. The fraction of sp³-hybridized carbons (Fsp3) is 0.500. The monoisotopic (exact) mass is 219 g/mol. The Morgan fingerprint density at radius 3 is 3.06 bits per heavy atom. The van der Waals surface area contributed by atoms with E-state index < -0.39 is 0 Å². The molecule has 6 nitrogen and oxygen atoms in total. The van der Waals surface area contributed by atoms with Crippen molar-refractivity contribution >= 4 is 5.65 Å². The Balaban J connectivity index is 2.20. The van der Waals surface area contributed by atoms with Crippen LogP contribution in [-0.2, 0) is 7.05 Å². The van der Waals surface area contributed by atoms with Gasteiger partial charge in [-0.3, -0.25) is 9.20 Å². The molecule has 1 atom stereocenters. The highest BCUT2D eigenvalue weighted by molar-refractivity contribution is 5.35. The van der Waals surface area contributed by atoms with Gasteiger partial charge in [-0.1, -0.05) is 0 Å². The van der Waals surface area contributed by atoms with Crippen LogP contribution >= 0.6 is 0 Å². The topological polar surface area (TPSA) is 64.2 Å². The molecule has 0 aromatic carbocycles. The van der Waals surface area contributed by atoms with Gasteiger partial charge in [-0.05, 0) is 19.4 Å². The maximum Gasteiger partial charge on any atom is 0.295 e. The van der Waals surface area contributed by atoms with Gasteiger partial charge in [0.2, 0.25) is 5.65 Å². The van der Waals surface area contributed by atoms with Crippen molar-refractivity contribution < 1.29 is 0 Å². The zero-order valence-corrected chi connectivity index (χ0v) is 9.05. The van der Waals surface area contributed by atoms with Gasteiger partial charge in [0.15, 0.2) is 5.82 Å². The van der Waals surface area contributed by atoms with E-state index in [0.717, 1.165) is 25.2 Å². The summed E-state index contributed by atoms with van der Waals surface area (Å²) in [6.45, 7) is 1.00. The third kappa shape index (κ3) is 1.26. The summed E-state index contributed by atoms with van der Waals surface area (Å²) in [5.41, 5.74) is 0.285. The molecular formula is C10H13N5O. The van der Waals surface area contributed by atoms with E-state index >= 15 is 0 Å². The molecule has 1 aliphatic heterocycles. The first-order valence-electron chi connectivity index (χ1n) is 5.41. The van der Waals surface area contributed by atoms with Gasteiger partial charge in [0, 0.05) is 19.4 Å². The molecule has 3 heterocycles. The SMILES string of the molecule is Cn1ccn2c([C@@H]3CCCN3)nnc2c1=O. The maximum absolute atomic E-state index is 11.8. The smallest absolute Gasteiger partial charge is 0.295 e. The molecule has 0 unspecified atom stereocenters. The summed E-state index contributed by atoms with van der Waals surface area (Å²) in [6, 6.07) is 0.224. The minimum atomic E-state index is -0.112. The first-order valence-corrected chi connectivity index (χ1v) is 5.41. The Hall–Kier alpha value is -1.69. The van der Waals surface area contributed by atoms with E-state index in [0.29, 0.717) is 5.65 Å². The summed E-state index contributed by atoms with van der Waals surface area (Å²) < 4.78 is 3.29. The van der Waals surface area contributed by atoms with Crippen molar-refractivity contribution in [1.82, 2.24) is 24.5 Å². The van der Waals surface area contributed by atoms with Crippen LogP contribution in [0.1, 0.15) is 24.7 Å². The molecule has 0 spiro atoms. The van der Waals surface area contributed by atoms with E-state index in [9.17, 15) is 4.79 Å². The van der Waals surface area contributed by atoms with Crippen molar-refractivity contribution in [2.45, 2.75) is 18.9 Å². The summed E-state index contributed by atoms with van der Waals surface area (Å²) in [5.74, 6) is 0.838. The minimum absolute atomic E-state index is 0.112. The second-order valence-corrected chi connectivity index (χ2v) is 4.11. The van der Waals surface area contributed by atoms with Gasteiger partial charge in [0.25, 0.3) is 5.56 Å². The molecule has 2 aromatic rings. The maximum atomic E-state index is 11.8. The molecule has 6 heteroatoms. The van der Waals surface area contributed by atoms with Gasteiger partial charge in [-0.25, -0.2) is 0 Å². The number of aryl methyl sites for hydroxylation is 1. The molecule has 0 aliphatic carbocycles. The second kappa shape index (κ2) is 3.41. The largest absolute Gasteiger partial charge is 0.314 e. The van der Waals surface area contributed by atoms with E-state index in [1.165, 1.54) is 4.57 Å². The summed E-state index contributed by atoms with van der Waals surface area (Å²) >= 11 is 0. The standard InChI is InChI=1S/C10H13N5O/c1-14-5-6-15-8(7-3-2-4-11-7)12-13-9(15)10(14)16/h5-7,11H,2-4H2,1H3/t7-/m0/s1.